The average Bonchev–Trinajstić information content (AvgIpc) is 3.16. The second kappa shape index (κ2) is 12.7. The molecule has 3 rings (SSSR count). The van der Waals surface area contributed by atoms with E-state index in [2.05, 4.69) is 22.8 Å². The molecule has 7 nitrogen and oxygen atoms in total. The van der Waals surface area contributed by atoms with Gasteiger partial charge in [-0.1, -0.05) is 48.5 Å². The van der Waals surface area contributed by atoms with E-state index in [-0.39, 0.29) is 12.5 Å². The van der Waals surface area contributed by atoms with E-state index < -0.39 is 30.1 Å². The molecule has 0 bridgehead atoms. The Bertz CT molecular complexity index is 971. The minimum absolute atomic E-state index is 0.0837. The second-order valence-electron chi connectivity index (χ2n) is 7.98. The number of benzene rings is 2. The predicted molar refractivity (Wildman–Crippen MR) is 138 cm³/mol. The van der Waals surface area contributed by atoms with Gasteiger partial charge in [0.15, 0.2) is 0 Å². The van der Waals surface area contributed by atoms with Crippen LogP contribution < -0.4 is 10.6 Å². The molecule has 0 fully saturated rings. The molecular weight excluding hydrogens is 472 g/mol. The third kappa shape index (κ3) is 6.48. The van der Waals surface area contributed by atoms with E-state index in [1.165, 1.54) is 11.8 Å². The molecule has 34 heavy (non-hydrogen) atoms. The topological polar surface area (TPSA) is 105 Å². The third-order valence-corrected chi connectivity index (χ3v) is 7.08. The first-order chi connectivity index (χ1) is 16.5. The van der Waals surface area contributed by atoms with Crippen LogP contribution in [0.15, 0.2) is 48.5 Å². The number of hydrogen-bond acceptors (Lipinski definition) is 6. The number of hydrogen-bond donors (Lipinski definition) is 3. The summed E-state index contributed by atoms with van der Waals surface area (Å²) in [7, 11) is 0. The first kappa shape index (κ1) is 26.0. The number of amides is 2. The molecular formula is C25H30N2O5S2. The molecule has 2 aromatic rings. The zero-order valence-corrected chi connectivity index (χ0v) is 20.9. The lowest BCUT2D eigenvalue weighted by Crippen LogP contribution is -2.52. The molecule has 182 valence electrons. The monoisotopic (exact) mass is 502 g/mol. The Morgan fingerprint density at radius 3 is 1.94 bits per heavy atom. The quantitative estimate of drug-likeness (QED) is 0.403. The minimum atomic E-state index is -1.09. The Morgan fingerprint density at radius 1 is 0.882 bits per heavy atom. The number of aliphatic carboxylic acids is 1. The molecule has 3 N–H and O–H groups in total. The molecule has 0 heterocycles. The van der Waals surface area contributed by atoms with E-state index in [9.17, 15) is 19.5 Å². The van der Waals surface area contributed by atoms with Gasteiger partial charge in [0.1, 0.15) is 18.7 Å². The van der Waals surface area contributed by atoms with Crippen LogP contribution in [0.25, 0.3) is 11.1 Å². The van der Waals surface area contributed by atoms with Crippen LogP contribution in [0, 0.1) is 0 Å². The van der Waals surface area contributed by atoms with Gasteiger partial charge < -0.3 is 20.5 Å². The van der Waals surface area contributed by atoms with Crippen molar-refractivity contribution in [3.05, 3.63) is 59.7 Å². The van der Waals surface area contributed by atoms with Gasteiger partial charge in [0.05, 0.1) is 0 Å². The maximum atomic E-state index is 12.8. The minimum Gasteiger partial charge on any atom is -0.480 e. The summed E-state index contributed by atoms with van der Waals surface area (Å²) in [6.07, 6.45) is 3.76. The summed E-state index contributed by atoms with van der Waals surface area (Å²) in [5.74, 6) is -0.459. The molecule has 1 aliphatic rings. The normalized spacial score (nSPS) is 13.9. The van der Waals surface area contributed by atoms with Gasteiger partial charge in [-0.3, -0.25) is 4.79 Å². The molecule has 0 radical (unpaired) electrons. The average molecular weight is 503 g/mol. The van der Waals surface area contributed by atoms with Crippen molar-refractivity contribution in [1.82, 2.24) is 10.6 Å². The van der Waals surface area contributed by atoms with Crippen molar-refractivity contribution < 1.29 is 24.2 Å². The van der Waals surface area contributed by atoms with Crippen molar-refractivity contribution in [3.63, 3.8) is 0 Å². The maximum absolute atomic E-state index is 12.8. The van der Waals surface area contributed by atoms with Gasteiger partial charge in [-0.15, -0.1) is 0 Å². The van der Waals surface area contributed by atoms with E-state index in [1.807, 2.05) is 48.9 Å². The molecule has 0 unspecified atom stereocenters. The Kier molecular flexibility index (Phi) is 9.71. The summed E-state index contributed by atoms with van der Waals surface area (Å²) in [4.78, 5) is 37.0. The highest BCUT2D eigenvalue weighted by Gasteiger charge is 2.30. The van der Waals surface area contributed by atoms with Crippen molar-refractivity contribution in [2.45, 2.75) is 30.8 Å². The SMILES string of the molecule is CSCC[C@@H](NC(=O)[C@@H](CCSC)NC(=O)OCC1c2ccccc2-c2ccccc21)C(=O)O. The van der Waals surface area contributed by atoms with Crippen molar-refractivity contribution in [3.8, 4) is 11.1 Å². The fraction of sp³-hybridized carbons (Fsp3) is 0.400. The Labute approximate surface area is 208 Å². The number of carbonyl (C=O) groups excluding carboxylic acids is 2. The molecule has 0 saturated carbocycles. The van der Waals surface area contributed by atoms with E-state index in [0.717, 1.165) is 22.3 Å². The van der Waals surface area contributed by atoms with Crippen LogP contribution in [0.2, 0.25) is 0 Å². The van der Waals surface area contributed by atoms with Crippen molar-refractivity contribution in [1.29, 1.82) is 0 Å². The number of carboxylic acid groups (broad SMARTS) is 1. The van der Waals surface area contributed by atoms with Crippen LogP contribution in [0.5, 0.6) is 0 Å². The van der Waals surface area contributed by atoms with Crippen molar-refractivity contribution in [2.24, 2.45) is 0 Å². The maximum Gasteiger partial charge on any atom is 0.407 e. The van der Waals surface area contributed by atoms with Gasteiger partial charge in [-0.05, 0) is 59.1 Å². The zero-order valence-electron chi connectivity index (χ0n) is 19.3. The van der Waals surface area contributed by atoms with Gasteiger partial charge in [-0.25, -0.2) is 9.59 Å². The Balaban J connectivity index is 1.64. The number of rotatable bonds is 12. The highest BCUT2D eigenvalue weighted by atomic mass is 32.2. The summed E-state index contributed by atoms with van der Waals surface area (Å²) in [6, 6.07) is 14.2. The van der Waals surface area contributed by atoms with E-state index >= 15 is 0 Å². The lowest BCUT2D eigenvalue weighted by molar-refractivity contribution is -0.142. The predicted octanol–water partition coefficient (Wildman–Crippen LogP) is 3.97. The van der Waals surface area contributed by atoms with E-state index in [4.69, 9.17) is 4.74 Å². The molecule has 0 aromatic heterocycles. The number of nitrogens with one attached hydrogen (secondary N) is 2. The Hall–Kier alpha value is -2.65. The van der Waals surface area contributed by atoms with Crippen LogP contribution in [0.3, 0.4) is 0 Å². The van der Waals surface area contributed by atoms with Gasteiger partial charge >= 0.3 is 12.1 Å². The van der Waals surface area contributed by atoms with Gasteiger partial charge in [0.2, 0.25) is 5.91 Å². The van der Waals surface area contributed by atoms with E-state index in [0.29, 0.717) is 24.3 Å². The van der Waals surface area contributed by atoms with Crippen molar-refractivity contribution in [2.75, 3.05) is 30.6 Å². The molecule has 9 heteroatoms. The van der Waals surface area contributed by atoms with E-state index in [1.54, 1.807) is 11.8 Å². The highest BCUT2D eigenvalue weighted by Crippen LogP contribution is 2.44. The molecule has 2 aromatic carbocycles. The molecule has 2 atom stereocenters. The van der Waals surface area contributed by atoms with Gasteiger partial charge in [0, 0.05) is 5.92 Å². The third-order valence-electron chi connectivity index (χ3n) is 5.79. The molecule has 0 spiro atoms. The van der Waals surface area contributed by atoms with Gasteiger partial charge in [0.25, 0.3) is 0 Å². The number of alkyl carbamates (subject to hydrolysis) is 1. The fourth-order valence-electron chi connectivity index (χ4n) is 4.05. The van der Waals surface area contributed by atoms with Gasteiger partial charge in [-0.2, -0.15) is 23.5 Å². The lowest BCUT2D eigenvalue weighted by Gasteiger charge is -2.22. The van der Waals surface area contributed by atoms with Crippen LogP contribution in [-0.4, -0.2) is 65.8 Å². The first-order valence-corrected chi connectivity index (χ1v) is 13.9. The number of ether oxygens (including phenoxy) is 1. The first-order valence-electron chi connectivity index (χ1n) is 11.1. The van der Waals surface area contributed by atoms with Crippen LogP contribution in [0.4, 0.5) is 4.79 Å². The van der Waals surface area contributed by atoms with Crippen molar-refractivity contribution >= 4 is 41.5 Å². The van der Waals surface area contributed by atoms with Crippen LogP contribution in [0.1, 0.15) is 29.9 Å². The lowest BCUT2D eigenvalue weighted by atomic mass is 9.98. The Morgan fingerprint density at radius 2 is 1.41 bits per heavy atom. The fourth-order valence-corrected chi connectivity index (χ4v) is 5.00. The summed E-state index contributed by atoms with van der Waals surface area (Å²) in [5, 5.41) is 14.6. The molecule has 0 saturated heterocycles. The van der Waals surface area contributed by atoms with Crippen LogP contribution >= 0.6 is 23.5 Å². The smallest absolute Gasteiger partial charge is 0.407 e. The van der Waals surface area contributed by atoms with Crippen LogP contribution in [-0.2, 0) is 14.3 Å². The number of fused-ring (bicyclic) bond motifs is 3. The molecule has 0 aliphatic heterocycles. The largest absolute Gasteiger partial charge is 0.480 e. The molecule has 1 aliphatic carbocycles. The number of carboxylic acids is 1. The summed E-state index contributed by atoms with van der Waals surface area (Å²) in [6.45, 7) is 0.141. The standard InChI is InChI=1S/C25H30N2O5S2/c1-33-13-11-21(23(28)26-22(24(29)30)12-14-34-2)27-25(31)32-15-20-18-9-5-3-7-16(18)17-8-4-6-10-19(17)20/h3-10,20-22H,11-15H2,1-2H3,(H,26,28)(H,27,31)(H,29,30)/t21-,22-/m1/s1. The highest BCUT2D eigenvalue weighted by molar-refractivity contribution is 7.98. The number of carbonyl (C=O) groups is 3. The second-order valence-corrected chi connectivity index (χ2v) is 9.96. The molecule has 2 amide bonds. The zero-order chi connectivity index (χ0) is 24.5. The number of thioether (sulfide) groups is 2. The summed E-state index contributed by atoms with van der Waals surface area (Å²) >= 11 is 3.05. The summed E-state index contributed by atoms with van der Waals surface area (Å²) < 4.78 is 5.56. The summed E-state index contributed by atoms with van der Waals surface area (Å²) in [5.41, 5.74) is 4.47.